The van der Waals surface area contributed by atoms with E-state index in [-0.39, 0.29) is 18.0 Å². The van der Waals surface area contributed by atoms with E-state index in [1.807, 2.05) is 42.5 Å². The van der Waals surface area contributed by atoms with Crippen molar-refractivity contribution in [1.82, 2.24) is 29.6 Å². The number of hydrogen-bond acceptors (Lipinski definition) is 5. The van der Waals surface area contributed by atoms with Gasteiger partial charge in [-0.25, -0.2) is 9.67 Å². The van der Waals surface area contributed by atoms with E-state index >= 15 is 0 Å². The molecule has 3 heterocycles. The number of hydrogen-bond donors (Lipinski definition) is 1. The van der Waals surface area contributed by atoms with Gasteiger partial charge in [0.05, 0.1) is 28.7 Å². The maximum absolute atomic E-state index is 13.5. The average molecular weight is 436 g/mol. The third kappa shape index (κ3) is 4.01. The van der Waals surface area contributed by atoms with Crippen molar-refractivity contribution in [2.45, 2.75) is 6.54 Å². The van der Waals surface area contributed by atoms with Gasteiger partial charge in [0.25, 0.3) is 11.5 Å². The fourth-order valence-corrected chi connectivity index (χ4v) is 3.67. The molecular formula is C25H20N6O2. The van der Waals surface area contributed by atoms with Crippen molar-refractivity contribution in [2.24, 2.45) is 0 Å². The molecule has 3 aromatic heterocycles. The van der Waals surface area contributed by atoms with Crippen LogP contribution in [0, 0.1) is 0 Å². The molecule has 0 atom stereocenters. The molecule has 1 amide bonds. The zero-order chi connectivity index (χ0) is 22.8. The smallest absolute Gasteiger partial charge is 0.258 e. The van der Waals surface area contributed by atoms with Crippen molar-refractivity contribution >= 4 is 16.8 Å². The lowest BCUT2D eigenvalue weighted by molar-refractivity contribution is 0.0782. The van der Waals surface area contributed by atoms with Gasteiger partial charge in [-0.05, 0) is 36.4 Å². The summed E-state index contributed by atoms with van der Waals surface area (Å²) in [6, 6.07) is 20.4. The zero-order valence-corrected chi connectivity index (χ0v) is 17.8. The van der Waals surface area contributed by atoms with Gasteiger partial charge in [-0.1, -0.05) is 30.3 Å². The van der Waals surface area contributed by atoms with Gasteiger partial charge in [-0.3, -0.25) is 14.6 Å². The van der Waals surface area contributed by atoms with Gasteiger partial charge < -0.3 is 9.88 Å². The number of carbonyl (C=O) groups excluding carboxylic acids is 1. The van der Waals surface area contributed by atoms with E-state index in [1.54, 1.807) is 54.6 Å². The number of nitrogens with zero attached hydrogens (tertiary/aromatic N) is 5. The van der Waals surface area contributed by atoms with Crippen molar-refractivity contribution in [3.8, 4) is 16.9 Å². The van der Waals surface area contributed by atoms with Crippen LogP contribution >= 0.6 is 0 Å². The lowest BCUT2D eigenvalue weighted by Crippen LogP contribution is -2.28. The minimum atomic E-state index is -0.244. The highest BCUT2D eigenvalue weighted by molar-refractivity contribution is 5.99. The third-order valence-corrected chi connectivity index (χ3v) is 5.30. The zero-order valence-electron chi connectivity index (χ0n) is 17.8. The molecule has 2 aromatic carbocycles. The summed E-state index contributed by atoms with van der Waals surface area (Å²) in [5, 5.41) is 5.18. The molecule has 5 rings (SSSR count). The van der Waals surface area contributed by atoms with Gasteiger partial charge in [-0.2, -0.15) is 5.10 Å². The van der Waals surface area contributed by atoms with Crippen molar-refractivity contribution in [2.75, 3.05) is 7.05 Å². The first-order valence-electron chi connectivity index (χ1n) is 10.4. The van der Waals surface area contributed by atoms with Crippen LogP contribution in [0.3, 0.4) is 0 Å². The second-order valence-corrected chi connectivity index (χ2v) is 7.60. The topological polar surface area (TPSA) is 96.8 Å². The second kappa shape index (κ2) is 8.51. The first kappa shape index (κ1) is 20.3. The maximum atomic E-state index is 13.5. The van der Waals surface area contributed by atoms with Crippen molar-refractivity contribution in [1.29, 1.82) is 0 Å². The molecule has 0 aliphatic rings. The molecule has 0 saturated heterocycles. The fourth-order valence-electron chi connectivity index (χ4n) is 3.67. The first-order valence-corrected chi connectivity index (χ1v) is 10.4. The predicted molar refractivity (Wildman–Crippen MR) is 125 cm³/mol. The van der Waals surface area contributed by atoms with E-state index < -0.39 is 0 Å². The summed E-state index contributed by atoms with van der Waals surface area (Å²) < 4.78 is 1.68. The number of rotatable bonds is 5. The lowest BCUT2D eigenvalue weighted by atomic mass is 10.1. The standard InChI is InChI=1S/C25H20N6O2/c1-30(16-22-27-21-12-6-5-11-19(21)24(32)28-22)25(33)20-15-31(18-9-3-2-4-10-18)29-23(20)17-8-7-13-26-14-17/h2-15H,16H2,1H3,(H,27,28,32). The summed E-state index contributed by atoms with van der Waals surface area (Å²) in [6.07, 6.45) is 5.07. The van der Waals surface area contributed by atoms with Crippen LogP contribution in [0.1, 0.15) is 16.2 Å². The first-order chi connectivity index (χ1) is 16.1. The molecule has 0 spiro atoms. The Hall–Kier alpha value is -4.59. The van der Waals surface area contributed by atoms with Crippen LogP contribution in [0.15, 0.2) is 90.1 Å². The second-order valence-electron chi connectivity index (χ2n) is 7.60. The summed E-state index contributed by atoms with van der Waals surface area (Å²) in [5.74, 6) is 0.166. The van der Waals surface area contributed by atoms with Gasteiger partial charge in [0.2, 0.25) is 0 Å². The fraction of sp³-hybridized carbons (Fsp3) is 0.0800. The van der Waals surface area contributed by atoms with Crippen LogP contribution in [-0.4, -0.2) is 42.6 Å². The van der Waals surface area contributed by atoms with Crippen molar-refractivity contribution in [3.05, 3.63) is 107 Å². The summed E-state index contributed by atoms with van der Waals surface area (Å²) in [6.45, 7) is 0.141. The minimum absolute atomic E-state index is 0.141. The third-order valence-electron chi connectivity index (χ3n) is 5.30. The Bertz CT molecular complexity index is 1490. The Morgan fingerprint density at radius 2 is 1.82 bits per heavy atom. The number of carbonyl (C=O) groups is 1. The van der Waals surface area contributed by atoms with E-state index in [9.17, 15) is 9.59 Å². The molecule has 0 radical (unpaired) electrons. The minimum Gasteiger partial charge on any atom is -0.334 e. The van der Waals surface area contributed by atoms with Crippen LogP contribution in [0.25, 0.3) is 27.8 Å². The van der Waals surface area contributed by atoms with E-state index in [2.05, 4.69) is 20.1 Å². The highest BCUT2D eigenvalue weighted by Gasteiger charge is 2.22. The van der Waals surface area contributed by atoms with Crippen LogP contribution in [0.4, 0.5) is 0 Å². The molecule has 33 heavy (non-hydrogen) atoms. The van der Waals surface area contributed by atoms with Gasteiger partial charge in [0, 0.05) is 31.2 Å². The summed E-state index contributed by atoms with van der Waals surface area (Å²) >= 11 is 0. The number of aromatic amines is 1. The molecule has 5 aromatic rings. The number of pyridine rings is 1. The highest BCUT2D eigenvalue weighted by Crippen LogP contribution is 2.24. The number of fused-ring (bicyclic) bond motifs is 1. The number of amides is 1. The van der Waals surface area contributed by atoms with Gasteiger partial charge in [0.1, 0.15) is 11.5 Å². The van der Waals surface area contributed by atoms with Gasteiger partial charge in [-0.15, -0.1) is 0 Å². The molecule has 0 fully saturated rings. The number of para-hydroxylation sites is 2. The maximum Gasteiger partial charge on any atom is 0.258 e. The molecule has 8 heteroatoms. The Balaban J connectivity index is 1.51. The SMILES string of the molecule is CN(Cc1nc2ccccc2c(=O)[nH]1)C(=O)c1cn(-c2ccccc2)nc1-c1cccnc1. The van der Waals surface area contributed by atoms with Crippen LogP contribution in [0.2, 0.25) is 0 Å². The van der Waals surface area contributed by atoms with E-state index in [0.717, 1.165) is 11.3 Å². The number of benzene rings is 2. The Morgan fingerprint density at radius 3 is 2.61 bits per heavy atom. The van der Waals surface area contributed by atoms with E-state index in [1.165, 1.54) is 4.90 Å². The largest absolute Gasteiger partial charge is 0.334 e. The molecule has 0 saturated carbocycles. The number of aromatic nitrogens is 5. The molecule has 0 bridgehead atoms. The average Bonchev–Trinajstić information content (AvgIpc) is 3.30. The monoisotopic (exact) mass is 436 g/mol. The molecule has 8 nitrogen and oxygen atoms in total. The van der Waals surface area contributed by atoms with E-state index in [0.29, 0.717) is 28.0 Å². The summed E-state index contributed by atoms with van der Waals surface area (Å²) in [5.41, 5.74) is 2.89. The van der Waals surface area contributed by atoms with Crippen LogP contribution in [0.5, 0.6) is 0 Å². The van der Waals surface area contributed by atoms with Crippen molar-refractivity contribution < 1.29 is 4.79 Å². The Morgan fingerprint density at radius 1 is 1.03 bits per heavy atom. The van der Waals surface area contributed by atoms with Crippen molar-refractivity contribution in [3.63, 3.8) is 0 Å². The summed E-state index contributed by atoms with van der Waals surface area (Å²) in [4.78, 5) is 38.8. The molecule has 0 unspecified atom stereocenters. The Labute approximate surface area is 189 Å². The molecular weight excluding hydrogens is 416 g/mol. The van der Waals surface area contributed by atoms with Crippen LogP contribution in [-0.2, 0) is 6.54 Å². The van der Waals surface area contributed by atoms with E-state index in [4.69, 9.17) is 0 Å². The molecule has 162 valence electrons. The quantitative estimate of drug-likeness (QED) is 0.455. The predicted octanol–water partition coefficient (Wildman–Crippen LogP) is 3.44. The summed E-state index contributed by atoms with van der Waals surface area (Å²) in [7, 11) is 1.67. The number of H-pyrrole nitrogens is 1. The molecule has 0 aliphatic carbocycles. The molecule has 1 N–H and O–H groups in total. The normalized spacial score (nSPS) is 10.9. The molecule has 0 aliphatic heterocycles. The van der Waals surface area contributed by atoms with Gasteiger partial charge >= 0.3 is 0 Å². The number of nitrogens with one attached hydrogen (secondary N) is 1. The Kier molecular flexibility index (Phi) is 5.24. The highest BCUT2D eigenvalue weighted by atomic mass is 16.2. The van der Waals surface area contributed by atoms with Crippen LogP contribution < -0.4 is 5.56 Å². The van der Waals surface area contributed by atoms with Gasteiger partial charge in [0.15, 0.2) is 0 Å². The lowest BCUT2D eigenvalue weighted by Gasteiger charge is -2.16.